The standard InChI is InChI=1S/C10H15N3O2/c1-2-7(12)9-6(10(14)15)3-5(11)4-8(9)13/h3-4,7H,2,11-13H2,1H3,(H,14,15). The molecule has 1 unspecified atom stereocenters. The normalized spacial score (nSPS) is 12.4. The Morgan fingerprint density at radius 1 is 1.47 bits per heavy atom. The van der Waals surface area contributed by atoms with E-state index in [1.807, 2.05) is 6.92 Å². The van der Waals surface area contributed by atoms with Gasteiger partial charge in [0, 0.05) is 23.0 Å². The Kier molecular flexibility index (Phi) is 3.16. The van der Waals surface area contributed by atoms with Crippen LogP contribution in [0.2, 0.25) is 0 Å². The van der Waals surface area contributed by atoms with Crippen molar-refractivity contribution >= 4 is 17.3 Å². The molecule has 1 aromatic carbocycles. The quantitative estimate of drug-likeness (QED) is 0.553. The lowest BCUT2D eigenvalue weighted by atomic mass is 9.96. The molecule has 0 aliphatic heterocycles. The number of rotatable bonds is 3. The van der Waals surface area contributed by atoms with Gasteiger partial charge in [-0.05, 0) is 18.6 Å². The number of carboxylic acid groups (broad SMARTS) is 1. The van der Waals surface area contributed by atoms with Gasteiger partial charge in [0.2, 0.25) is 0 Å². The lowest BCUT2D eigenvalue weighted by molar-refractivity contribution is 0.0695. The third-order valence-corrected chi connectivity index (χ3v) is 2.28. The molecule has 0 aliphatic carbocycles. The second kappa shape index (κ2) is 4.18. The van der Waals surface area contributed by atoms with E-state index in [0.29, 0.717) is 23.4 Å². The second-order valence-electron chi connectivity index (χ2n) is 3.39. The Hall–Kier alpha value is -1.75. The summed E-state index contributed by atoms with van der Waals surface area (Å²) in [5.74, 6) is -1.06. The van der Waals surface area contributed by atoms with Crippen molar-refractivity contribution in [1.82, 2.24) is 0 Å². The molecule has 82 valence electrons. The Bertz CT molecular complexity index is 390. The average molecular weight is 209 g/mol. The Morgan fingerprint density at radius 2 is 2.07 bits per heavy atom. The van der Waals surface area contributed by atoms with Gasteiger partial charge < -0.3 is 22.3 Å². The second-order valence-corrected chi connectivity index (χ2v) is 3.39. The van der Waals surface area contributed by atoms with Gasteiger partial charge in [-0.3, -0.25) is 0 Å². The van der Waals surface area contributed by atoms with Crippen LogP contribution in [0.25, 0.3) is 0 Å². The molecule has 0 saturated heterocycles. The van der Waals surface area contributed by atoms with Crippen molar-refractivity contribution in [2.75, 3.05) is 11.5 Å². The van der Waals surface area contributed by atoms with E-state index in [2.05, 4.69) is 0 Å². The third-order valence-electron chi connectivity index (χ3n) is 2.28. The summed E-state index contributed by atoms with van der Waals surface area (Å²) in [5.41, 5.74) is 18.2. The highest BCUT2D eigenvalue weighted by Gasteiger charge is 2.18. The van der Waals surface area contributed by atoms with Gasteiger partial charge in [-0.1, -0.05) is 6.92 Å². The molecule has 0 amide bonds. The Balaban J connectivity index is 3.39. The van der Waals surface area contributed by atoms with E-state index < -0.39 is 5.97 Å². The summed E-state index contributed by atoms with van der Waals surface area (Å²) in [4.78, 5) is 11.0. The van der Waals surface area contributed by atoms with Crippen molar-refractivity contribution in [3.63, 3.8) is 0 Å². The van der Waals surface area contributed by atoms with Gasteiger partial charge >= 0.3 is 5.97 Å². The van der Waals surface area contributed by atoms with Gasteiger partial charge in [0.05, 0.1) is 5.56 Å². The SMILES string of the molecule is CCC(N)c1c(N)cc(N)cc1C(=O)O. The number of benzene rings is 1. The first-order valence-corrected chi connectivity index (χ1v) is 4.65. The molecule has 1 aromatic rings. The van der Waals surface area contributed by atoms with Crippen molar-refractivity contribution in [3.8, 4) is 0 Å². The minimum Gasteiger partial charge on any atom is -0.478 e. The number of nitrogens with two attached hydrogens (primary N) is 3. The first-order chi connectivity index (χ1) is 6.97. The number of nitrogen functional groups attached to an aromatic ring is 2. The maximum Gasteiger partial charge on any atom is 0.336 e. The molecule has 0 bridgehead atoms. The predicted molar refractivity (Wildman–Crippen MR) is 59.4 cm³/mol. The fourth-order valence-electron chi connectivity index (χ4n) is 1.49. The highest BCUT2D eigenvalue weighted by molar-refractivity contribution is 5.93. The van der Waals surface area contributed by atoms with E-state index in [9.17, 15) is 4.79 Å². The molecule has 5 nitrogen and oxygen atoms in total. The van der Waals surface area contributed by atoms with E-state index in [-0.39, 0.29) is 11.6 Å². The van der Waals surface area contributed by atoms with Crippen molar-refractivity contribution < 1.29 is 9.90 Å². The van der Waals surface area contributed by atoms with Crippen LogP contribution in [-0.2, 0) is 0 Å². The minimum absolute atomic E-state index is 0.0850. The molecular formula is C10H15N3O2. The molecule has 0 saturated carbocycles. The fourth-order valence-corrected chi connectivity index (χ4v) is 1.49. The number of hydrogen-bond acceptors (Lipinski definition) is 4. The fraction of sp³-hybridized carbons (Fsp3) is 0.300. The van der Waals surface area contributed by atoms with Crippen LogP contribution < -0.4 is 17.2 Å². The number of carboxylic acids is 1. The van der Waals surface area contributed by atoms with E-state index in [1.165, 1.54) is 12.1 Å². The molecule has 0 fully saturated rings. The first-order valence-electron chi connectivity index (χ1n) is 4.65. The molecule has 0 radical (unpaired) electrons. The predicted octanol–water partition coefficient (Wildman–Crippen LogP) is 0.959. The Labute approximate surface area is 87.9 Å². The summed E-state index contributed by atoms with van der Waals surface area (Å²) in [6, 6.07) is 2.53. The lowest BCUT2D eigenvalue weighted by Crippen LogP contribution is -2.17. The largest absolute Gasteiger partial charge is 0.478 e. The van der Waals surface area contributed by atoms with Gasteiger partial charge in [-0.2, -0.15) is 0 Å². The van der Waals surface area contributed by atoms with Crippen LogP contribution in [0.4, 0.5) is 11.4 Å². The van der Waals surface area contributed by atoms with Crippen molar-refractivity contribution in [2.45, 2.75) is 19.4 Å². The van der Waals surface area contributed by atoms with Crippen LogP contribution in [0.3, 0.4) is 0 Å². The molecule has 0 aliphatic rings. The van der Waals surface area contributed by atoms with E-state index in [4.69, 9.17) is 22.3 Å². The molecule has 1 atom stereocenters. The molecular weight excluding hydrogens is 194 g/mol. The number of anilines is 2. The molecule has 0 spiro atoms. The van der Waals surface area contributed by atoms with Gasteiger partial charge in [-0.15, -0.1) is 0 Å². The van der Waals surface area contributed by atoms with E-state index >= 15 is 0 Å². The van der Waals surface area contributed by atoms with Crippen LogP contribution in [0.1, 0.15) is 35.3 Å². The number of aromatic carboxylic acids is 1. The third kappa shape index (κ3) is 2.19. The Morgan fingerprint density at radius 3 is 2.53 bits per heavy atom. The molecule has 15 heavy (non-hydrogen) atoms. The first kappa shape index (κ1) is 11.3. The van der Waals surface area contributed by atoms with Crippen molar-refractivity contribution in [3.05, 3.63) is 23.3 Å². The molecule has 1 rings (SSSR count). The zero-order chi connectivity index (χ0) is 11.6. The van der Waals surface area contributed by atoms with E-state index in [1.54, 1.807) is 0 Å². The summed E-state index contributed by atoms with van der Waals surface area (Å²) < 4.78 is 0. The van der Waals surface area contributed by atoms with Crippen LogP contribution in [0, 0.1) is 0 Å². The monoisotopic (exact) mass is 209 g/mol. The molecule has 7 N–H and O–H groups in total. The zero-order valence-corrected chi connectivity index (χ0v) is 8.53. The van der Waals surface area contributed by atoms with Gasteiger partial charge in [0.1, 0.15) is 0 Å². The molecule has 0 aromatic heterocycles. The topological polar surface area (TPSA) is 115 Å². The average Bonchev–Trinajstić information content (AvgIpc) is 2.15. The summed E-state index contributed by atoms with van der Waals surface area (Å²) in [5, 5.41) is 8.99. The summed E-state index contributed by atoms with van der Waals surface area (Å²) in [7, 11) is 0. The van der Waals surface area contributed by atoms with Crippen molar-refractivity contribution in [2.24, 2.45) is 5.73 Å². The van der Waals surface area contributed by atoms with Crippen LogP contribution in [0.15, 0.2) is 12.1 Å². The highest BCUT2D eigenvalue weighted by Crippen LogP contribution is 2.27. The van der Waals surface area contributed by atoms with Crippen LogP contribution in [0.5, 0.6) is 0 Å². The summed E-state index contributed by atoms with van der Waals surface area (Å²) >= 11 is 0. The van der Waals surface area contributed by atoms with Crippen LogP contribution >= 0.6 is 0 Å². The summed E-state index contributed by atoms with van der Waals surface area (Å²) in [6.45, 7) is 1.87. The smallest absolute Gasteiger partial charge is 0.336 e. The van der Waals surface area contributed by atoms with Gasteiger partial charge in [0.15, 0.2) is 0 Å². The number of hydrogen-bond donors (Lipinski definition) is 4. The van der Waals surface area contributed by atoms with E-state index in [0.717, 1.165) is 0 Å². The van der Waals surface area contributed by atoms with Gasteiger partial charge in [0.25, 0.3) is 0 Å². The minimum atomic E-state index is -1.06. The van der Waals surface area contributed by atoms with Crippen LogP contribution in [-0.4, -0.2) is 11.1 Å². The molecule has 0 heterocycles. The highest BCUT2D eigenvalue weighted by atomic mass is 16.4. The number of carbonyl (C=O) groups is 1. The maximum atomic E-state index is 11.0. The van der Waals surface area contributed by atoms with Gasteiger partial charge in [-0.25, -0.2) is 4.79 Å². The molecule has 5 heteroatoms. The summed E-state index contributed by atoms with van der Waals surface area (Å²) in [6.07, 6.45) is 0.619. The zero-order valence-electron chi connectivity index (χ0n) is 8.53. The lowest BCUT2D eigenvalue weighted by Gasteiger charge is -2.16. The maximum absolute atomic E-state index is 11.0. The van der Waals surface area contributed by atoms with Crippen molar-refractivity contribution in [1.29, 1.82) is 0 Å².